The van der Waals surface area contributed by atoms with Gasteiger partial charge in [-0.05, 0) is 50.9 Å². The lowest BCUT2D eigenvalue weighted by molar-refractivity contribution is 0.853. The molecule has 0 aliphatic rings. The maximum absolute atomic E-state index is 12.2. The molecule has 0 saturated carbocycles. The molecule has 8 heteroatoms. The highest BCUT2D eigenvalue weighted by molar-refractivity contribution is 9.11. The summed E-state index contributed by atoms with van der Waals surface area (Å²) in [5, 5.41) is 0.0515. The summed E-state index contributed by atoms with van der Waals surface area (Å²) in [5.74, 6) is 0. The Labute approximate surface area is 138 Å². The first-order chi connectivity index (χ1) is 8.82. The maximum atomic E-state index is 12.2. The zero-order valence-corrected chi connectivity index (χ0v) is 14.9. The molecule has 0 unspecified atom stereocenters. The van der Waals surface area contributed by atoms with Crippen molar-refractivity contribution < 1.29 is 0 Å². The first-order valence-electron chi connectivity index (χ1n) is 4.99. The van der Waals surface area contributed by atoms with Crippen LogP contribution in [0.5, 0.6) is 0 Å². The second kappa shape index (κ2) is 5.55. The Morgan fingerprint density at radius 2 is 1.68 bits per heavy atom. The van der Waals surface area contributed by atoms with Gasteiger partial charge in [0, 0.05) is 13.4 Å². The normalized spacial score (nSPS) is 10.8. The van der Waals surface area contributed by atoms with Gasteiger partial charge in [-0.15, -0.1) is 0 Å². The molecule has 0 bridgehead atoms. The van der Waals surface area contributed by atoms with Gasteiger partial charge in [0.2, 0.25) is 0 Å². The van der Waals surface area contributed by atoms with Crippen LogP contribution in [-0.4, -0.2) is 9.55 Å². The number of halogens is 4. The molecule has 0 aliphatic carbocycles. The highest BCUT2D eigenvalue weighted by Crippen LogP contribution is 2.31. The highest BCUT2D eigenvalue weighted by Gasteiger charge is 2.16. The largest absolute Gasteiger partial charge is 0.334 e. The molecule has 0 aliphatic heterocycles. The van der Waals surface area contributed by atoms with E-state index >= 15 is 0 Å². The van der Waals surface area contributed by atoms with Gasteiger partial charge < -0.3 is 0 Å². The Hall–Kier alpha value is -0.370. The highest BCUT2D eigenvalue weighted by atomic mass is 79.9. The summed E-state index contributed by atoms with van der Waals surface area (Å²) in [6, 6.07) is 3.49. The van der Waals surface area contributed by atoms with Gasteiger partial charge in [0.15, 0.2) is 0 Å². The van der Waals surface area contributed by atoms with Crippen LogP contribution in [0.25, 0.3) is 5.69 Å². The predicted octanol–water partition coefficient (Wildman–Crippen LogP) is 3.78. The lowest BCUT2D eigenvalue weighted by Crippen LogP contribution is -2.35. The molecular formula is C11H6Br3ClN2O2. The van der Waals surface area contributed by atoms with E-state index in [2.05, 4.69) is 52.8 Å². The van der Waals surface area contributed by atoms with Gasteiger partial charge in [-0.3, -0.25) is 9.78 Å². The fraction of sp³-hybridized carbons (Fsp3) is 0.0909. The van der Waals surface area contributed by atoms with Crippen molar-refractivity contribution in [1.82, 2.24) is 9.55 Å². The lowest BCUT2D eigenvalue weighted by Gasteiger charge is -2.11. The fourth-order valence-electron chi connectivity index (χ4n) is 1.55. The maximum Gasteiger partial charge on any atom is 0.334 e. The third-order valence-corrected chi connectivity index (χ3v) is 4.52. The van der Waals surface area contributed by atoms with Crippen LogP contribution in [0.2, 0.25) is 5.15 Å². The number of hydrogen-bond donors (Lipinski definition) is 1. The number of aromatic amines is 1. The Balaban J connectivity index is 2.93. The molecule has 2 rings (SSSR count). The van der Waals surface area contributed by atoms with E-state index in [1.54, 1.807) is 19.1 Å². The minimum absolute atomic E-state index is 0.0515. The van der Waals surface area contributed by atoms with Gasteiger partial charge in [-0.1, -0.05) is 27.5 Å². The van der Waals surface area contributed by atoms with Crippen LogP contribution in [0.1, 0.15) is 5.56 Å². The molecule has 1 aromatic heterocycles. The minimum atomic E-state index is -0.593. The fourth-order valence-corrected chi connectivity index (χ4v) is 4.32. The molecule has 1 heterocycles. The van der Waals surface area contributed by atoms with E-state index in [1.807, 2.05) is 0 Å². The summed E-state index contributed by atoms with van der Waals surface area (Å²) in [7, 11) is 0. The third kappa shape index (κ3) is 2.74. The molecule has 100 valence electrons. The Bertz CT molecular complexity index is 759. The average molecular weight is 473 g/mol. The van der Waals surface area contributed by atoms with Crippen molar-refractivity contribution >= 4 is 59.4 Å². The molecule has 0 atom stereocenters. The van der Waals surface area contributed by atoms with Crippen LogP contribution >= 0.6 is 59.4 Å². The summed E-state index contributed by atoms with van der Waals surface area (Å²) in [4.78, 5) is 26.6. The van der Waals surface area contributed by atoms with Crippen molar-refractivity contribution in [2.45, 2.75) is 6.92 Å². The van der Waals surface area contributed by atoms with E-state index in [9.17, 15) is 9.59 Å². The van der Waals surface area contributed by atoms with Crippen molar-refractivity contribution in [2.75, 3.05) is 0 Å². The second-order valence-corrected chi connectivity index (χ2v) is 6.73. The molecule has 0 amide bonds. The molecule has 0 saturated heterocycles. The number of aromatic nitrogens is 2. The van der Waals surface area contributed by atoms with Crippen molar-refractivity contribution in [1.29, 1.82) is 0 Å². The summed E-state index contributed by atoms with van der Waals surface area (Å²) in [6.07, 6.45) is 0. The summed E-state index contributed by atoms with van der Waals surface area (Å²) in [5.41, 5.74) is -0.348. The second-order valence-electron chi connectivity index (χ2n) is 3.73. The van der Waals surface area contributed by atoms with Crippen molar-refractivity contribution in [3.05, 3.63) is 57.1 Å². The molecular weight excluding hydrogens is 467 g/mol. The van der Waals surface area contributed by atoms with Crippen LogP contribution < -0.4 is 11.2 Å². The quantitative estimate of drug-likeness (QED) is 0.642. The topological polar surface area (TPSA) is 54.9 Å². The summed E-state index contributed by atoms with van der Waals surface area (Å²) >= 11 is 15.8. The molecule has 2 aromatic rings. The summed E-state index contributed by atoms with van der Waals surface area (Å²) < 4.78 is 3.04. The number of hydrogen-bond acceptors (Lipinski definition) is 2. The van der Waals surface area contributed by atoms with E-state index in [4.69, 9.17) is 11.6 Å². The molecule has 0 spiro atoms. The summed E-state index contributed by atoms with van der Waals surface area (Å²) in [6.45, 7) is 1.55. The van der Waals surface area contributed by atoms with Gasteiger partial charge >= 0.3 is 5.69 Å². The molecule has 1 aromatic carbocycles. The average Bonchev–Trinajstić information content (AvgIpc) is 2.29. The SMILES string of the molecule is Cc1c(Cl)[nH]c(=O)n(-c2c(Br)cc(Br)cc2Br)c1=O. The van der Waals surface area contributed by atoms with Gasteiger partial charge in [0.25, 0.3) is 5.56 Å². The van der Waals surface area contributed by atoms with E-state index in [1.165, 1.54) is 0 Å². The predicted molar refractivity (Wildman–Crippen MR) is 85.5 cm³/mol. The number of nitrogens with one attached hydrogen (secondary N) is 1. The van der Waals surface area contributed by atoms with E-state index < -0.39 is 11.2 Å². The van der Waals surface area contributed by atoms with Crippen molar-refractivity contribution in [2.24, 2.45) is 0 Å². The number of nitrogens with zero attached hydrogens (tertiary/aromatic N) is 1. The van der Waals surface area contributed by atoms with Crippen LogP contribution in [0.3, 0.4) is 0 Å². The van der Waals surface area contributed by atoms with Crippen LogP contribution in [0.4, 0.5) is 0 Å². The van der Waals surface area contributed by atoms with Gasteiger partial charge in [0.05, 0.1) is 11.3 Å². The number of H-pyrrole nitrogens is 1. The van der Waals surface area contributed by atoms with E-state index in [-0.39, 0.29) is 10.7 Å². The van der Waals surface area contributed by atoms with Gasteiger partial charge in [-0.2, -0.15) is 0 Å². The Morgan fingerprint density at radius 3 is 2.21 bits per heavy atom. The van der Waals surface area contributed by atoms with E-state index in [0.717, 1.165) is 9.04 Å². The van der Waals surface area contributed by atoms with Gasteiger partial charge in [-0.25, -0.2) is 9.36 Å². The minimum Gasteiger partial charge on any atom is -0.297 e. The molecule has 4 nitrogen and oxygen atoms in total. The van der Waals surface area contributed by atoms with E-state index in [0.29, 0.717) is 14.6 Å². The zero-order chi connectivity index (χ0) is 14.3. The lowest BCUT2D eigenvalue weighted by atomic mass is 10.3. The molecule has 0 fully saturated rings. The Kier molecular flexibility index (Phi) is 4.39. The third-order valence-electron chi connectivity index (χ3n) is 2.48. The van der Waals surface area contributed by atoms with Crippen molar-refractivity contribution in [3.8, 4) is 5.69 Å². The van der Waals surface area contributed by atoms with Gasteiger partial charge in [0.1, 0.15) is 5.15 Å². The molecule has 19 heavy (non-hydrogen) atoms. The van der Waals surface area contributed by atoms with Crippen LogP contribution in [0, 0.1) is 6.92 Å². The van der Waals surface area contributed by atoms with Crippen LogP contribution in [-0.2, 0) is 0 Å². The number of benzene rings is 1. The van der Waals surface area contributed by atoms with Crippen molar-refractivity contribution in [3.63, 3.8) is 0 Å². The first kappa shape index (κ1) is 15.0. The standard InChI is InChI=1S/C11H6Br3ClN2O2/c1-4-9(15)16-11(19)17(10(4)18)8-6(13)2-5(12)3-7(8)14/h2-3H,1H3,(H,16,19). The number of rotatable bonds is 1. The van der Waals surface area contributed by atoms with Crippen LogP contribution in [0.15, 0.2) is 35.1 Å². The molecule has 0 radical (unpaired) electrons. The smallest absolute Gasteiger partial charge is 0.297 e. The zero-order valence-electron chi connectivity index (χ0n) is 9.43. The Morgan fingerprint density at radius 1 is 1.16 bits per heavy atom. The molecule has 1 N–H and O–H groups in total. The first-order valence-corrected chi connectivity index (χ1v) is 7.75. The monoisotopic (exact) mass is 470 g/mol.